The molecule has 1 aromatic heterocycles. The summed E-state index contributed by atoms with van der Waals surface area (Å²) in [6, 6.07) is -0.256. The van der Waals surface area contributed by atoms with Gasteiger partial charge in [-0.15, -0.1) is 0 Å². The molecule has 3 N–H and O–H groups in total. The van der Waals surface area contributed by atoms with Crippen LogP contribution in [0, 0.1) is 5.41 Å². The lowest BCUT2D eigenvalue weighted by molar-refractivity contribution is -0.117. The Hall–Kier alpha value is -0.910. The fraction of sp³-hybridized carbons (Fsp3) is 0.545. The normalized spacial score (nSPS) is 13.2. The van der Waals surface area contributed by atoms with E-state index in [-0.39, 0.29) is 39.8 Å². The van der Waals surface area contributed by atoms with E-state index in [1.54, 1.807) is 0 Å². The maximum atomic E-state index is 11.8. The summed E-state index contributed by atoms with van der Waals surface area (Å²) < 4.78 is 0. The molecule has 0 aliphatic heterocycles. The average Bonchev–Trinajstić information content (AvgIpc) is 2.23. The number of nitrogens with two attached hydrogens (primary N) is 1. The lowest BCUT2D eigenvalue weighted by Crippen LogP contribution is -2.38. The molecule has 7 heteroatoms. The van der Waals surface area contributed by atoms with Gasteiger partial charge in [0.25, 0.3) is 0 Å². The number of hydrogen-bond donors (Lipinski definition) is 2. The Kier molecular flexibility index (Phi) is 4.90. The van der Waals surface area contributed by atoms with Crippen LogP contribution in [0.25, 0.3) is 0 Å². The van der Waals surface area contributed by atoms with E-state index < -0.39 is 0 Å². The zero-order chi connectivity index (χ0) is 13.9. The highest BCUT2D eigenvalue weighted by Crippen LogP contribution is 2.26. The van der Waals surface area contributed by atoms with E-state index in [9.17, 15) is 4.79 Å². The number of nitrogens with zero attached hydrogens (tertiary/aromatic N) is 2. The Bertz CT molecular complexity index is 445. The number of amides is 1. The molecule has 1 heterocycles. The second kappa shape index (κ2) is 5.82. The van der Waals surface area contributed by atoms with Gasteiger partial charge in [-0.1, -0.05) is 44.0 Å². The summed E-state index contributed by atoms with van der Waals surface area (Å²) in [5.41, 5.74) is 5.77. The van der Waals surface area contributed by atoms with Gasteiger partial charge >= 0.3 is 0 Å². The van der Waals surface area contributed by atoms with Crippen LogP contribution >= 0.6 is 23.2 Å². The van der Waals surface area contributed by atoms with Crippen molar-refractivity contribution in [3.05, 3.63) is 16.5 Å². The molecule has 18 heavy (non-hydrogen) atoms. The number of nitrogens with one attached hydrogen (secondary N) is 1. The maximum absolute atomic E-state index is 11.8. The van der Waals surface area contributed by atoms with Crippen LogP contribution < -0.4 is 11.1 Å². The van der Waals surface area contributed by atoms with Crippen molar-refractivity contribution in [2.24, 2.45) is 11.1 Å². The summed E-state index contributed by atoms with van der Waals surface area (Å²) >= 11 is 11.6. The van der Waals surface area contributed by atoms with Crippen molar-refractivity contribution in [3.8, 4) is 0 Å². The van der Waals surface area contributed by atoms with E-state index in [0.29, 0.717) is 0 Å². The highest BCUT2D eigenvalue weighted by Gasteiger charge is 2.23. The van der Waals surface area contributed by atoms with Crippen LogP contribution in [0.1, 0.15) is 27.2 Å². The maximum Gasteiger partial charge on any atom is 0.227 e. The Labute approximate surface area is 116 Å². The van der Waals surface area contributed by atoms with Crippen molar-refractivity contribution in [1.29, 1.82) is 0 Å². The van der Waals surface area contributed by atoms with Crippen molar-refractivity contribution in [2.45, 2.75) is 33.2 Å². The lowest BCUT2D eigenvalue weighted by Gasteiger charge is -2.26. The quantitative estimate of drug-likeness (QED) is 0.838. The Morgan fingerprint density at radius 1 is 1.44 bits per heavy atom. The van der Waals surface area contributed by atoms with Crippen molar-refractivity contribution >= 4 is 34.9 Å². The Balaban J connectivity index is 2.69. The molecule has 5 nitrogen and oxygen atoms in total. The molecule has 0 bridgehead atoms. The van der Waals surface area contributed by atoms with E-state index in [4.69, 9.17) is 28.9 Å². The van der Waals surface area contributed by atoms with Crippen LogP contribution in [0.2, 0.25) is 10.2 Å². The topological polar surface area (TPSA) is 80.9 Å². The van der Waals surface area contributed by atoms with E-state index in [2.05, 4.69) is 15.3 Å². The predicted molar refractivity (Wildman–Crippen MR) is 72.7 cm³/mol. The van der Waals surface area contributed by atoms with Crippen LogP contribution in [-0.4, -0.2) is 21.9 Å². The van der Waals surface area contributed by atoms with Gasteiger partial charge in [0.1, 0.15) is 11.3 Å². The molecule has 1 aromatic rings. The molecule has 0 saturated carbocycles. The zero-order valence-electron chi connectivity index (χ0n) is 10.5. The predicted octanol–water partition coefficient (Wildman–Crippen LogP) is 2.49. The molecule has 0 saturated heterocycles. The number of rotatable bonds is 3. The second-order valence-electron chi connectivity index (χ2n) is 5.05. The molecule has 0 aliphatic carbocycles. The number of anilines is 1. The van der Waals surface area contributed by atoms with E-state index >= 15 is 0 Å². The third kappa shape index (κ3) is 4.08. The van der Waals surface area contributed by atoms with Gasteiger partial charge in [-0.25, -0.2) is 9.97 Å². The number of carbonyl (C=O) groups excluding carboxylic acids is 1. The highest BCUT2D eigenvalue weighted by atomic mass is 35.5. The molecule has 0 aliphatic rings. The minimum absolute atomic E-state index is 0.0992. The number of halogens is 2. The third-order valence-corrected chi connectivity index (χ3v) is 3.26. The smallest absolute Gasteiger partial charge is 0.227 e. The van der Waals surface area contributed by atoms with Gasteiger partial charge in [0, 0.05) is 12.5 Å². The summed E-state index contributed by atoms with van der Waals surface area (Å²) in [7, 11) is 0. The van der Waals surface area contributed by atoms with Crippen LogP contribution in [0.5, 0.6) is 0 Å². The van der Waals surface area contributed by atoms with Crippen molar-refractivity contribution in [1.82, 2.24) is 9.97 Å². The van der Waals surface area contributed by atoms with Crippen LogP contribution in [0.4, 0.5) is 5.82 Å². The first-order valence-corrected chi connectivity index (χ1v) is 6.19. The second-order valence-corrected chi connectivity index (χ2v) is 5.79. The number of hydrogen-bond acceptors (Lipinski definition) is 4. The summed E-state index contributed by atoms with van der Waals surface area (Å²) in [4.78, 5) is 19.3. The molecule has 1 amide bonds. The molecule has 0 fully saturated rings. The first-order chi connectivity index (χ1) is 8.21. The molecule has 1 atom stereocenters. The molecule has 0 aromatic carbocycles. The minimum atomic E-state index is -0.256. The standard InChI is InChI=1S/C11H16Cl2N4O/c1-11(2,3)6(14)4-7(18)17-10-8(12)9(13)15-5-16-10/h5-6H,4,14H2,1-3H3,(H,15,16,17,18). The number of aromatic nitrogens is 2. The molecule has 1 unspecified atom stereocenters. The van der Waals surface area contributed by atoms with Gasteiger partial charge in [-0.3, -0.25) is 4.79 Å². The van der Waals surface area contributed by atoms with Crippen molar-refractivity contribution in [2.75, 3.05) is 5.32 Å². The average molecular weight is 291 g/mol. The largest absolute Gasteiger partial charge is 0.327 e. The van der Waals surface area contributed by atoms with Gasteiger partial charge in [0.2, 0.25) is 5.91 Å². The minimum Gasteiger partial charge on any atom is -0.327 e. The molecular formula is C11H16Cl2N4O. The van der Waals surface area contributed by atoms with Crippen LogP contribution in [0.3, 0.4) is 0 Å². The monoisotopic (exact) mass is 290 g/mol. The summed E-state index contributed by atoms with van der Waals surface area (Å²) in [5.74, 6) is -0.0585. The van der Waals surface area contributed by atoms with Crippen molar-refractivity contribution in [3.63, 3.8) is 0 Å². The van der Waals surface area contributed by atoms with Gasteiger partial charge in [-0.2, -0.15) is 0 Å². The molecule has 100 valence electrons. The van der Waals surface area contributed by atoms with E-state index in [1.807, 2.05) is 20.8 Å². The van der Waals surface area contributed by atoms with Crippen LogP contribution in [-0.2, 0) is 4.79 Å². The first kappa shape index (κ1) is 15.1. The van der Waals surface area contributed by atoms with E-state index in [0.717, 1.165) is 0 Å². The summed E-state index contributed by atoms with van der Waals surface area (Å²) in [6.45, 7) is 5.92. The van der Waals surface area contributed by atoms with E-state index in [1.165, 1.54) is 6.33 Å². The fourth-order valence-electron chi connectivity index (χ4n) is 1.12. The van der Waals surface area contributed by atoms with Gasteiger partial charge in [0.05, 0.1) is 0 Å². The van der Waals surface area contributed by atoms with Crippen molar-refractivity contribution < 1.29 is 4.79 Å². The Morgan fingerprint density at radius 2 is 2.06 bits per heavy atom. The first-order valence-electron chi connectivity index (χ1n) is 5.43. The molecule has 1 rings (SSSR count). The van der Waals surface area contributed by atoms with Gasteiger partial charge in [0.15, 0.2) is 11.0 Å². The molecular weight excluding hydrogens is 275 g/mol. The molecule has 0 radical (unpaired) electrons. The summed E-state index contributed by atoms with van der Waals surface area (Å²) in [5, 5.41) is 2.79. The highest BCUT2D eigenvalue weighted by molar-refractivity contribution is 6.42. The molecule has 0 spiro atoms. The Morgan fingerprint density at radius 3 is 2.61 bits per heavy atom. The van der Waals surface area contributed by atoms with Gasteiger partial charge in [-0.05, 0) is 5.41 Å². The number of carbonyl (C=O) groups is 1. The van der Waals surface area contributed by atoms with Gasteiger partial charge < -0.3 is 11.1 Å². The van der Waals surface area contributed by atoms with Crippen LogP contribution in [0.15, 0.2) is 6.33 Å². The third-order valence-electron chi connectivity index (χ3n) is 2.52. The fourth-order valence-corrected chi connectivity index (χ4v) is 1.40. The zero-order valence-corrected chi connectivity index (χ0v) is 12.0. The summed E-state index contributed by atoms with van der Waals surface area (Å²) in [6.07, 6.45) is 1.41. The SMILES string of the molecule is CC(C)(C)C(N)CC(=O)Nc1ncnc(Cl)c1Cl. The lowest BCUT2D eigenvalue weighted by atomic mass is 9.85.